The SMILES string of the molecule is CCO.I[I-]I. The maximum absolute atomic E-state index is 7.57. The molecule has 0 unspecified atom stereocenters. The first-order valence-corrected chi connectivity index (χ1v) is 13.9. The first-order chi connectivity index (χ1) is 2.83. The summed E-state index contributed by atoms with van der Waals surface area (Å²) in [6.07, 6.45) is 0. The molecule has 6 heavy (non-hydrogen) atoms. The maximum atomic E-state index is 7.57. The molecule has 0 saturated carbocycles. The van der Waals surface area contributed by atoms with E-state index in [2.05, 4.69) is 37.2 Å². The predicted octanol–water partition coefficient (Wildman–Crippen LogP) is -1.23. The monoisotopic (exact) mass is 427 g/mol. The van der Waals surface area contributed by atoms with Crippen LogP contribution in [0.25, 0.3) is 0 Å². The molecule has 0 heterocycles. The van der Waals surface area contributed by atoms with Crippen molar-refractivity contribution >= 4 is 37.2 Å². The van der Waals surface area contributed by atoms with Crippen molar-refractivity contribution in [3.05, 3.63) is 0 Å². The molecular weight excluding hydrogens is 421 g/mol. The summed E-state index contributed by atoms with van der Waals surface area (Å²) in [5.74, 6) is 0. The first kappa shape index (κ1) is 11.0. The average Bonchev–Trinajstić information content (AvgIpc) is 1.39. The van der Waals surface area contributed by atoms with Gasteiger partial charge in [-0.1, -0.05) is 0 Å². The second-order valence-corrected chi connectivity index (χ2v) is 16.6. The van der Waals surface area contributed by atoms with Gasteiger partial charge in [0, 0.05) is 6.61 Å². The molecule has 1 nitrogen and oxygen atoms in total. The second-order valence-electron chi connectivity index (χ2n) is 0.370. The van der Waals surface area contributed by atoms with Gasteiger partial charge in [0.1, 0.15) is 0 Å². The molecule has 0 spiro atoms. The molecule has 0 aromatic carbocycles. The number of aliphatic hydroxyl groups is 1. The van der Waals surface area contributed by atoms with E-state index >= 15 is 0 Å². The van der Waals surface area contributed by atoms with Crippen molar-refractivity contribution in [1.82, 2.24) is 0 Å². The third kappa shape index (κ3) is 35.3. The van der Waals surface area contributed by atoms with Gasteiger partial charge in [-0.2, -0.15) is 0 Å². The van der Waals surface area contributed by atoms with Crippen LogP contribution in [0.5, 0.6) is 0 Å². The summed E-state index contributed by atoms with van der Waals surface area (Å²) < 4.78 is 0. The van der Waals surface area contributed by atoms with Gasteiger partial charge in [-0.3, -0.25) is 0 Å². The molecule has 0 rings (SSSR count). The Morgan fingerprint density at radius 1 is 1.67 bits per heavy atom. The fraction of sp³-hybridized carbons (Fsp3) is 1.00. The molecule has 4 heteroatoms. The average molecular weight is 427 g/mol. The van der Waals surface area contributed by atoms with Crippen molar-refractivity contribution < 1.29 is 18.4 Å². The summed E-state index contributed by atoms with van der Waals surface area (Å²) in [6, 6.07) is 0. The van der Waals surface area contributed by atoms with E-state index in [-0.39, 0.29) is 6.61 Å². The zero-order valence-electron chi connectivity index (χ0n) is 3.29. The fourth-order valence-corrected chi connectivity index (χ4v) is 0. The topological polar surface area (TPSA) is 20.2 Å². The van der Waals surface area contributed by atoms with Crippen LogP contribution in [0, 0.1) is 0 Å². The molecule has 0 amide bonds. The van der Waals surface area contributed by atoms with Crippen LogP contribution in [-0.2, 0) is 0 Å². The molecule has 0 aromatic heterocycles. The first-order valence-electron chi connectivity index (χ1n) is 1.31. The van der Waals surface area contributed by atoms with Gasteiger partial charge in [-0.15, -0.1) is 0 Å². The number of hydrogen-bond acceptors (Lipinski definition) is 1. The Morgan fingerprint density at radius 3 is 1.67 bits per heavy atom. The molecule has 0 atom stereocenters. The molecule has 0 aliphatic carbocycles. The van der Waals surface area contributed by atoms with Gasteiger partial charge in [0.25, 0.3) is 0 Å². The zero-order valence-corrected chi connectivity index (χ0v) is 9.76. The van der Waals surface area contributed by atoms with E-state index in [1.165, 1.54) is 0 Å². The van der Waals surface area contributed by atoms with E-state index in [0.717, 1.165) is 0 Å². The Bertz CT molecular complexity index is 10.8. The minimum absolute atomic E-state index is 0.250. The van der Waals surface area contributed by atoms with Gasteiger partial charge in [-0.25, -0.2) is 0 Å². The Hall–Kier alpha value is 2.15. The van der Waals surface area contributed by atoms with Crippen LogP contribution in [-0.4, -0.2) is 11.7 Å². The molecule has 0 radical (unpaired) electrons. The van der Waals surface area contributed by atoms with Crippen LogP contribution >= 0.6 is 37.2 Å². The van der Waals surface area contributed by atoms with Gasteiger partial charge in [-0.05, 0) is 6.92 Å². The third-order valence-electron chi connectivity index (χ3n) is 0. The van der Waals surface area contributed by atoms with Gasteiger partial charge < -0.3 is 5.11 Å². The van der Waals surface area contributed by atoms with E-state index in [4.69, 9.17) is 5.11 Å². The predicted molar refractivity (Wildman–Crippen MR) is 40.8 cm³/mol. The van der Waals surface area contributed by atoms with Crippen LogP contribution in [0.4, 0.5) is 0 Å². The van der Waals surface area contributed by atoms with Crippen molar-refractivity contribution in [3.63, 3.8) is 0 Å². The van der Waals surface area contributed by atoms with Crippen LogP contribution < -0.4 is 13.3 Å². The minimum atomic E-state index is 0.250. The summed E-state index contributed by atoms with van der Waals surface area (Å²) in [4.78, 5) is 0. The molecule has 0 aliphatic rings. The third-order valence-corrected chi connectivity index (χ3v) is 0. The Labute approximate surface area is 67.9 Å². The molecule has 0 saturated heterocycles. The van der Waals surface area contributed by atoms with Gasteiger partial charge in [0.2, 0.25) is 0 Å². The number of halogens is 3. The molecular formula is C2H6I3O-. The quantitative estimate of drug-likeness (QED) is 0.481. The summed E-state index contributed by atoms with van der Waals surface area (Å²) in [7, 11) is 0. The molecule has 0 bridgehead atoms. The number of hydrogen-bond donors (Lipinski definition) is 1. The van der Waals surface area contributed by atoms with Crippen LogP contribution in [0.15, 0.2) is 0 Å². The van der Waals surface area contributed by atoms with Crippen molar-refractivity contribution in [3.8, 4) is 0 Å². The second kappa shape index (κ2) is 15.7. The summed E-state index contributed by atoms with van der Waals surface area (Å²) in [5.41, 5.74) is 0. The van der Waals surface area contributed by atoms with E-state index in [1.807, 2.05) is 0 Å². The summed E-state index contributed by atoms with van der Waals surface area (Å²) in [5, 5.41) is 7.57. The molecule has 1 N–H and O–H groups in total. The summed E-state index contributed by atoms with van der Waals surface area (Å²) >= 11 is 5.30. The Morgan fingerprint density at radius 2 is 1.67 bits per heavy atom. The van der Waals surface area contributed by atoms with E-state index in [0.29, 0.717) is 13.3 Å². The van der Waals surface area contributed by atoms with E-state index in [9.17, 15) is 0 Å². The van der Waals surface area contributed by atoms with Crippen molar-refractivity contribution in [2.45, 2.75) is 6.92 Å². The molecule has 0 aliphatic heterocycles. The number of rotatable bonds is 0. The van der Waals surface area contributed by atoms with Gasteiger partial charge in [0.05, 0.1) is 0 Å². The van der Waals surface area contributed by atoms with Gasteiger partial charge >= 0.3 is 50.5 Å². The Kier molecular flexibility index (Phi) is 28.8. The van der Waals surface area contributed by atoms with Crippen LogP contribution in [0.2, 0.25) is 0 Å². The normalized spacial score (nSPS) is 6.67. The Balaban J connectivity index is 0. The van der Waals surface area contributed by atoms with Crippen molar-refractivity contribution in [2.75, 3.05) is 6.61 Å². The number of aliphatic hydroxyl groups excluding tert-OH is 1. The van der Waals surface area contributed by atoms with E-state index < -0.39 is 0 Å². The summed E-state index contributed by atoms with van der Waals surface area (Å²) in [6.45, 7) is 1.93. The zero-order chi connectivity index (χ0) is 5.41. The standard InChI is InChI=1S/C2H6O.I3/c1-2-3;1-3-2/h3H,2H2,1H3;/q;-1. The van der Waals surface area contributed by atoms with Crippen LogP contribution in [0.1, 0.15) is 6.92 Å². The molecule has 0 fully saturated rings. The van der Waals surface area contributed by atoms with Crippen molar-refractivity contribution in [2.24, 2.45) is 0 Å². The van der Waals surface area contributed by atoms with Crippen molar-refractivity contribution in [1.29, 1.82) is 0 Å². The van der Waals surface area contributed by atoms with E-state index in [1.54, 1.807) is 6.92 Å². The van der Waals surface area contributed by atoms with Crippen LogP contribution in [0.3, 0.4) is 0 Å². The molecule has 42 valence electrons. The fourth-order valence-electron chi connectivity index (χ4n) is 0. The van der Waals surface area contributed by atoms with Gasteiger partial charge in [0.15, 0.2) is 0 Å². The molecule has 0 aromatic rings.